The molecule has 1 spiro atoms. The third-order valence-electron chi connectivity index (χ3n) is 5.25. The molecule has 1 saturated carbocycles. The minimum Gasteiger partial charge on any atom is -0.467 e. The van der Waals surface area contributed by atoms with E-state index in [1.54, 1.807) is 42.7 Å². The molecule has 1 N–H and O–H groups in total. The van der Waals surface area contributed by atoms with Gasteiger partial charge in [-0.05, 0) is 42.5 Å². The van der Waals surface area contributed by atoms with Gasteiger partial charge >= 0.3 is 0 Å². The lowest BCUT2D eigenvalue weighted by atomic mass is 10.0. The van der Waals surface area contributed by atoms with E-state index in [0.717, 1.165) is 12.8 Å². The van der Waals surface area contributed by atoms with Gasteiger partial charge in [0.2, 0.25) is 15.9 Å². The number of hydrogen-bond donors (Lipinski definition) is 1. The van der Waals surface area contributed by atoms with Crippen molar-refractivity contribution >= 4 is 15.9 Å². The third kappa shape index (κ3) is 2.98. The van der Waals surface area contributed by atoms with Gasteiger partial charge in [0.25, 0.3) is 0 Å². The van der Waals surface area contributed by atoms with Crippen LogP contribution < -0.4 is 5.32 Å². The first-order valence-corrected chi connectivity index (χ1v) is 9.81. The number of carbonyl (C=O) groups excluding carboxylic acids is 1. The maximum absolute atomic E-state index is 12.7. The Balaban J connectivity index is 1.39. The Morgan fingerprint density at radius 2 is 2.04 bits per heavy atom. The fourth-order valence-electron chi connectivity index (χ4n) is 3.68. The van der Waals surface area contributed by atoms with E-state index in [9.17, 15) is 13.2 Å². The molecule has 1 amide bonds. The predicted molar refractivity (Wildman–Crippen MR) is 90.9 cm³/mol. The van der Waals surface area contributed by atoms with Gasteiger partial charge < -0.3 is 9.73 Å². The molecular weight excluding hydrogens is 340 g/mol. The topological polar surface area (TPSA) is 79.6 Å². The SMILES string of the molecule is O=C(NCc1ccco1)[C@@H]1C[C@]12CCN(S(=O)(=O)c1ccccc1)C2. The average molecular weight is 360 g/mol. The van der Waals surface area contributed by atoms with Crippen LogP contribution in [0.25, 0.3) is 0 Å². The lowest BCUT2D eigenvalue weighted by Crippen LogP contribution is -2.31. The van der Waals surface area contributed by atoms with Crippen LogP contribution in [-0.4, -0.2) is 31.7 Å². The molecule has 1 saturated heterocycles. The number of nitrogens with zero attached hydrogens (tertiary/aromatic N) is 1. The van der Waals surface area contributed by atoms with E-state index in [0.29, 0.717) is 30.3 Å². The largest absolute Gasteiger partial charge is 0.467 e. The maximum atomic E-state index is 12.7. The van der Waals surface area contributed by atoms with Gasteiger partial charge in [-0.3, -0.25) is 4.79 Å². The monoisotopic (exact) mass is 360 g/mol. The van der Waals surface area contributed by atoms with Gasteiger partial charge in [-0.25, -0.2) is 8.42 Å². The number of amides is 1. The zero-order chi connectivity index (χ0) is 17.5. The second-order valence-electron chi connectivity index (χ2n) is 6.82. The molecule has 0 radical (unpaired) electrons. The van der Waals surface area contributed by atoms with Crippen molar-refractivity contribution in [2.75, 3.05) is 13.1 Å². The summed E-state index contributed by atoms with van der Waals surface area (Å²) in [6.45, 7) is 1.26. The van der Waals surface area contributed by atoms with Crippen LogP contribution in [0.2, 0.25) is 0 Å². The van der Waals surface area contributed by atoms with Crippen molar-refractivity contribution in [3.8, 4) is 0 Å². The number of rotatable bonds is 5. The zero-order valence-corrected chi connectivity index (χ0v) is 14.5. The van der Waals surface area contributed by atoms with E-state index in [4.69, 9.17) is 4.42 Å². The van der Waals surface area contributed by atoms with Crippen molar-refractivity contribution in [2.45, 2.75) is 24.3 Å². The highest BCUT2D eigenvalue weighted by atomic mass is 32.2. The molecule has 1 aliphatic carbocycles. The van der Waals surface area contributed by atoms with Crippen LogP contribution in [0.4, 0.5) is 0 Å². The van der Waals surface area contributed by atoms with E-state index in [1.165, 1.54) is 4.31 Å². The minimum atomic E-state index is -3.48. The quantitative estimate of drug-likeness (QED) is 0.884. The Labute approximate surface area is 146 Å². The summed E-state index contributed by atoms with van der Waals surface area (Å²) in [5.41, 5.74) is -0.199. The van der Waals surface area contributed by atoms with Crippen molar-refractivity contribution in [3.05, 3.63) is 54.5 Å². The first-order valence-electron chi connectivity index (χ1n) is 8.37. The molecule has 7 heteroatoms. The summed E-state index contributed by atoms with van der Waals surface area (Å²) in [5.74, 6) is 0.580. The highest BCUT2D eigenvalue weighted by Crippen LogP contribution is 2.59. The van der Waals surface area contributed by atoms with Crippen LogP contribution in [0, 0.1) is 11.3 Å². The Hall–Kier alpha value is -2.12. The number of carbonyl (C=O) groups is 1. The lowest BCUT2D eigenvalue weighted by molar-refractivity contribution is -0.123. The van der Waals surface area contributed by atoms with E-state index >= 15 is 0 Å². The van der Waals surface area contributed by atoms with E-state index in [2.05, 4.69) is 5.32 Å². The highest BCUT2D eigenvalue weighted by molar-refractivity contribution is 7.89. The van der Waals surface area contributed by atoms with Crippen LogP contribution >= 0.6 is 0 Å². The number of benzene rings is 1. The van der Waals surface area contributed by atoms with Crippen molar-refractivity contribution < 1.29 is 17.6 Å². The summed E-state index contributed by atoms with van der Waals surface area (Å²) in [7, 11) is -3.48. The maximum Gasteiger partial charge on any atom is 0.243 e. The Bertz CT molecular complexity index is 864. The van der Waals surface area contributed by atoms with Gasteiger partial charge in [-0.1, -0.05) is 18.2 Å². The fraction of sp³-hybridized carbons (Fsp3) is 0.389. The van der Waals surface area contributed by atoms with E-state index in [-0.39, 0.29) is 17.2 Å². The summed E-state index contributed by atoms with van der Waals surface area (Å²) in [4.78, 5) is 12.7. The van der Waals surface area contributed by atoms with E-state index in [1.807, 2.05) is 6.07 Å². The average Bonchev–Trinajstić information content (AvgIpc) is 2.96. The number of nitrogens with one attached hydrogen (secondary N) is 1. The van der Waals surface area contributed by atoms with Crippen molar-refractivity contribution in [2.24, 2.45) is 11.3 Å². The lowest BCUT2D eigenvalue weighted by Gasteiger charge is -2.16. The van der Waals surface area contributed by atoms with E-state index < -0.39 is 10.0 Å². The van der Waals surface area contributed by atoms with Gasteiger partial charge in [-0.15, -0.1) is 0 Å². The normalized spacial score (nSPS) is 26.0. The minimum absolute atomic E-state index is 0.0182. The zero-order valence-electron chi connectivity index (χ0n) is 13.7. The standard InChI is InChI=1S/C18H20N2O4S/c21-17(19-12-14-5-4-10-24-14)16-11-18(16)8-9-20(13-18)25(22,23)15-6-2-1-3-7-15/h1-7,10,16H,8-9,11-13H2,(H,19,21)/t16-,18-/m0/s1. The Morgan fingerprint density at radius 1 is 1.24 bits per heavy atom. The van der Waals surface area contributed by atoms with Gasteiger partial charge in [0.15, 0.2) is 0 Å². The van der Waals surface area contributed by atoms with Crippen molar-refractivity contribution in [3.63, 3.8) is 0 Å². The molecule has 2 aromatic rings. The molecule has 0 bridgehead atoms. The molecule has 1 aliphatic heterocycles. The number of furan rings is 1. The molecule has 1 aromatic carbocycles. The second kappa shape index (κ2) is 6.00. The molecular formula is C18H20N2O4S. The summed E-state index contributed by atoms with van der Waals surface area (Å²) < 4.78 is 32.2. The van der Waals surface area contributed by atoms with Crippen molar-refractivity contribution in [1.29, 1.82) is 0 Å². The van der Waals surface area contributed by atoms with Crippen molar-refractivity contribution in [1.82, 2.24) is 9.62 Å². The molecule has 4 rings (SSSR count). The molecule has 132 valence electrons. The molecule has 6 nitrogen and oxygen atoms in total. The van der Waals surface area contributed by atoms with Crippen LogP contribution in [0.5, 0.6) is 0 Å². The molecule has 0 unspecified atom stereocenters. The van der Waals surface area contributed by atoms with Gasteiger partial charge in [0.05, 0.1) is 17.7 Å². The highest BCUT2D eigenvalue weighted by Gasteiger charge is 2.62. The molecule has 2 heterocycles. The first-order chi connectivity index (χ1) is 12.0. The smallest absolute Gasteiger partial charge is 0.243 e. The summed E-state index contributed by atoms with van der Waals surface area (Å²) in [6, 6.07) is 12.1. The van der Waals surface area contributed by atoms with Gasteiger partial charge in [-0.2, -0.15) is 4.31 Å². The van der Waals surface area contributed by atoms with Gasteiger partial charge in [0.1, 0.15) is 5.76 Å². The third-order valence-corrected chi connectivity index (χ3v) is 7.11. The molecule has 2 atom stereocenters. The second-order valence-corrected chi connectivity index (χ2v) is 8.76. The predicted octanol–water partition coefficient (Wildman–Crippen LogP) is 2.00. The number of sulfonamides is 1. The summed E-state index contributed by atoms with van der Waals surface area (Å²) in [5, 5.41) is 2.88. The Morgan fingerprint density at radius 3 is 2.76 bits per heavy atom. The molecule has 25 heavy (non-hydrogen) atoms. The molecule has 2 fully saturated rings. The van der Waals surface area contributed by atoms with Crippen LogP contribution in [0.3, 0.4) is 0 Å². The molecule has 2 aliphatic rings. The first kappa shape index (κ1) is 16.4. The summed E-state index contributed by atoms with van der Waals surface area (Å²) in [6.07, 6.45) is 3.05. The molecule has 1 aromatic heterocycles. The van der Waals surface area contributed by atoms with Crippen LogP contribution in [-0.2, 0) is 21.4 Å². The van der Waals surface area contributed by atoms with Gasteiger partial charge in [0, 0.05) is 19.0 Å². The van der Waals surface area contributed by atoms with Crippen LogP contribution in [0.15, 0.2) is 58.0 Å². The Kier molecular flexibility index (Phi) is 3.92. The summed E-state index contributed by atoms with van der Waals surface area (Å²) >= 11 is 0. The fourth-order valence-corrected chi connectivity index (χ4v) is 5.24. The van der Waals surface area contributed by atoms with Crippen LogP contribution in [0.1, 0.15) is 18.6 Å². The number of hydrogen-bond acceptors (Lipinski definition) is 4.